The van der Waals surface area contributed by atoms with Crippen LogP contribution in [0.5, 0.6) is 0 Å². The van der Waals surface area contributed by atoms with Crippen LogP contribution < -0.4 is 0 Å². The second-order valence-electron chi connectivity index (χ2n) is 16.6. The second-order valence-corrected chi connectivity index (χ2v) is 16.6. The molecule has 4 heterocycles. The number of ether oxygens (including phenoxy) is 3. The number of carbonyl (C=O) groups is 2. The molecule has 3 saturated heterocycles. The zero-order valence-corrected chi connectivity index (χ0v) is 33.2. The quantitative estimate of drug-likeness (QED) is 0.295. The number of carbonyl (C=O) groups excluding carboxylic acids is 2. The van der Waals surface area contributed by atoms with Crippen LogP contribution in [0.4, 0.5) is 0 Å². The van der Waals surface area contributed by atoms with Gasteiger partial charge in [0, 0.05) is 24.3 Å². The number of cyclic esters (lactones) is 1. The lowest BCUT2D eigenvalue weighted by Crippen LogP contribution is -2.63. The predicted octanol–water partition coefficient (Wildman–Crippen LogP) is 4.18. The van der Waals surface area contributed by atoms with Gasteiger partial charge in [0.05, 0.1) is 36.9 Å². The highest BCUT2D eigenvalue weighted by molar-refractivity contribution is 5.91. The van der Waals surface area contributed by atoms with Crippen molar-refractivity contribution in [3.63, 3.8) is 0 Å². The molecule has 3 N–H and O–H groups in total. The number of aliphatic hydroxyl groups excluding tert-OH is 3. The van der Waals surface area contributed by atoms with Gasteiger partial charge in [-0.05, 0) is 118 Å². The zero-order valence-electron chi connectivity index (χ0n) is 33.2. The number of aliphatic hydroxyl groups is 3. The van der Waals surface area contributed by atoms with Gasteiger partial charge in [-0.15, -0.1) is 0 Å². The maximum absolute atomic E-state index is 13.8. The van der Waals surface area contributed by atoms with Crippen LogP contribution in [0.25, 0.3) is 0 Å². The Morgan fingerprint density at radius 1 is 0.904 bits per heavy atom. The van der Waals surface area contributed by atoms with Gasteiger partial charge in [-0.1, -0.05) is 51.3 Å². The molecule has 0 aromatic rings. The summed E-state index contributed by atoms with van der Waals surface area (Å²) >= 11 is 0. The van der Waals surface area contributed by atoms with Crippen molar-refractivity contribution in [3.05, 3.63) is 23.8 Å². The lowest BCUT2D eigenvalue weighted by molar-refractivity contribution is -0.304. The lowest BCUT2D eigenvalue weighted by Gasteiger charge is -2.47. The van der Waals surface area contributed by atoms with Crippen LogP contribution in [-0.4, -0.2) is 144 Å². The van der Waals surface area contributed by atoms with E-state index in [1.54, 1.807) is 32.0 Å². The molecule has 0 aromatic heterocycles. The fourth-order valence-electron chi connectivity index (χ4n) is 8.83. The smallest absolute Gasteiger partial charge is 0.308 e. The SMILES string of the molecule is CC[C@H]1OC(=O)C[C@@H](O)[C@H](C)[C@@H](OC2OC(C)C(O)C(N(C)C)C2O)[C@@H](CCN2CCCCC2)CC(C)C(=O)C=CC(C)=C[C@@H]1CN1CCCCC1. The molecule has 11 heteroatoms. The van der Waals surface area contributed by atoms with Crippen LogP contribution in [-0.2, 0) is 23.8 Å². The number of allylic oxidation sites excluding steroid dienone is 3. The highest BCUT2D eigenvalue weighted by Crippen LogP contribution is 2.35. The van der Waals surface area contributed by atoms with E-state index in [1.165, 1.54) is 12.8 Å². The molecule has 298 valence electrons. The summed E-state index contributed by atoms with van der Waals surface area (Å²) in [5.41, 5.74) is 0.954. The number of hydrogen-bond donors (Lipinski definition) is 3. The highest BCUT2D eigenvalue weighted by atomic mass is 16.7. The number of esters is 1. The van der Waals surface area contributed by atoms with Crippen molar-refractivity contribution in [2.75, 3.05) is 53.4 Å². The molecule has 52 heavy (non-hydrogen) atoms. The summed E-state index contributed by atoms with van der Waals surface area (Å²) in [6.45, 7) is 15.3. The minimum atomic E-state index is -1.17. The molecular weight excluding hydrogens is 662 g/mol. The molecule has 0 spiro atoms. The molecule has 0 saturated carbocycles. The number of rotatable bonds is 9. The van der Waals surface area contributed by atoms with Crippen molar-refractivity contribution in [2.24, 2.45) is 23.7 Å². The molecule has 11 nitrogen and oxygen atoms in total. The van der Waals surface area contributed by atoms with Crippen LogP contribution in [0.1, 0.15) is 98.8 Å². The third kappa shape index (κ3) is 12.2. The number of piperidine rings is 2. The Balaban J connectivity index is 1.68. The van der Waals surface area contributed by atoms with E-state index in [0.717, 1.165) is 70.5 Å². The van der Waals surface area contributed by atoms with Gasteiger partial charge in [0.2, 0.25) is 0 Å². The van der Waals surface area contributed by atoms with E-state index >= 15 is 0 Å². The van der Waals surface area contributed by atoms with Crippen LogP contribution >= 0.6 is 0 Å². The van der Waals surface area contributed by atoms with Crippen molar-refractivity contribution in [3.8, 4) is 0 Å². The summed E-state index contributed by atoms with van der Waals surface area (Å²) in [4.78, 5) is 34.1. The van der Waals surface area contributed by atoms with Gasteiger partial charge >= 0.3 is 5.97 Å². The Morgan fingerprint density at radius 2 is 1.54 bits per heavy atom. The first-order chi connectivity index (χ1) is 24.8. The average Bonchev–Trinajstić information content (AvgIpc) is 3.12. The van der Waals surface area contributed by atoms with Crippen LogP contribution in [0.3, 0.4) is 0 Å². The molecule has 0 radical (unpaired) electrons. The van der Waals surface area contributed by atoms with Crippen LogP contribution in [0.15, 0.2) is 23.8 Å². The number of ketones is 1. The molecule has 4 aliphatic rings. The third-order valence-electron chi connectivity index (χ3n) is 12.1. The van der Waals surface area contributed by atoms with Gasteiger partial charge in [-0.2, -0.15) is 0 Å². The number of nitrogens with zero attached hydrogens (tertiary/aromatic N) is 3. The average molecular weight is 734 g/mol. The predicted molar refractivity (Wildman–Crippen MR) is 203 cm³/mol. The number of likely N-dealkylation sites (tertiary alicyclic amines) is 2. The second kappa shape index (κ2) is 20.8. The summed E-state index contributed by atoms with van der Waals surface area (Å²) in [6.07, 6.45) is 8.49. The molecular formula is C41H71N3O8. The van der Waals surface area contributed by atoms with E-state index in [-0.39, 0.29) is 36.1 Å². The zero-order chi connectivity index (χ0) is 37.9. The Morgan fingerprint density at radius 3 is 2.15 bits per heavy atom. The van der Waals surface area contributed by atoms with E-state index in [4.69, 9.17) is 14.2 Å². The van der Waals surface area contributed by atoms with E-state index in [1.807, 2.05) is 33.8 Å². The standard InChI is InChI=1S/C41H71N3O8/c1-8-35-32(26-44-20-13-10-14-21-44)23-27(2)15-16-33(45)28(3)24-31(17-22-43-18-11-9-12-19-43)40(29(4)34(46)25-36(47)51-35)52-41-39(49)37(42(6)7)38(48)30(5)50-41/h15-16,23,28-32,34-35,37-41,46,48-49H,8-14,17-22,24-26H2,1-7H3/t28?,29-,30?,31-,32+,34+,35+,37?,38?,39?,40+,41?/m0/s1. The van der Waals surface area contributed by atoms with Crippen molar-refractivity contribution >= 4 is 11.8 Å². The maximum atomic E-state index is 13.8. The normalized spacial score (nSPS) is 38.6. The van der Waals surface area contributed by atoms with Gasteiger partial charge in [0.15, 0.2) is 12.1 Å². The van der Waals surface area contributed by atoms with E-state index < -0.39 is 54.7 Å². The topological polar surface area (TPSA) is 132 Å². The van der Waals surface area contributed by atoms with Gasteiger partial charge < -0.3 is 44.2 Å². The third-order valence-corrected chi connectivity index (χ3v) is 12.1. The first-order valence-corrected chi connectivity index (χ1v) is 20.3. The van der Waals surface area contributed by atoms with Crippen molar-refractivity contribution in [2.45, 2.75) is 148 Å². The summed E-state index contributed by atoms with van der Waals surface area (Å²) in [5, 5.41) is 34.2. The first kappa shape index (κ1) is 43.0. The molecule has 12 atom stereocenters. The molecule has 0 bridgehead atoms. The summed E-state index contributed by atoms with van der Waals surface area (Å²) < 4.78 is 19.1. The molecule has 3 fully saturated rings. The Kier molecular flexibility index (Phi) is 17.2. The van der Waals surface area contributed by atoms with Crippen LogP contribution in [0, 0.1) is 23.7 Å². The fourth-order valence-corrected chi connectivity index (χ4v) is 8.83. The van der Waals surface area contributed by atoms with Crippen molar-refractivity contribution in [1.82, 2.24) is 14.7 Å². The Labute approximate surface area is 313 Å². The van der Waals surface area contributed by atoms with E-state index in [0.29, 0.717) is 19.3 Å². The molecule has 6 unspecified atom stereocenters. The summed E-state index contributed by atoms with van der Waals surface area (Å²) in [5.74, 6) is -1.58. The molecule has 4 rings (SSSR count). The van der Waals surface area contributed by atoms with E-state index in [2.05, 4.69) is 15.9 Å². The molecule has 4 aliphatic heterocycles. The van der Waals surface area contributed by atoms with E-state index in [9.17, 15) is 24.9 Å². The van der Waals surface area contributed by atoms with Gasteiger partial charge in [-0.25, -0.2) is 0 Å². The summed E-state index contributed by atoms with van der Waals surface area (Å²) in [6, 6.07) is -0.632. The van der Waals surface area contributed by atoms with Crippen LogP contribution in [0.2, 0.25) is 0 Å². The Hall–Kier alpha value is -1.70. The largest absolute Gasteiger partial charge is 0.462 e. The maximum Gasteiger partial charge on any atom is 0.308 e. The number of likely N-dealkylation sites (N-methyl/N-ethyl adjacent to an activating group) is 1. The minimum absolute atomic E-state index is 0.0270. The first-order valence-electron chi connectivity index (χ1n) is 20.3. The minimum Gasteiger partial charge on any atom is -0.462 e. The van der Waals surface area contributed by atoms with Crippen molar-refractivity contribution in [1.29, 1.82) is 0 Å². The van der Waals surface area contributed by atoms with Crippen molar-refractivity contribution < 1.29 is 39.1 Å². The highest BCUT2D eigenvalue weighted by Gasteiger charge is 2.47. The van der Waals surface area contributed by atoms with Gasteiger partial charge in [0.1, 0.15) is 12.2 Å². The molecule has 0 aromatic carbocycles. The van der Waals surface area contributed by atoms with Gasteiger partial charge in [0.25, 0.3) is 0 Å². The lowest BCUT2D eigenvalue weighted by atomic mass is 9.79. The number of hydrogen-bond acceptors (Lipinski definition) is 11. The van der Waals surface area contributed by atoms with Gasteiger partial charge in [-0.3, -0.25) is 9.59 Å². The fraction of sp³-hybridized carbons (Fsp3) is 0.854. The monoisotopic (exact) mass is 734 g/mol. The molecule has 0 amide bonds. The molecule has 0 aliphatic carbocycles. The Bertz CT molecular complexity index is 1170. The summed E-state index contributed by atoms with van der Waals surface area (Å²) in [7, 11) is 3.60.